The summed E-state index contributed by atoms with van der Waals surface area (Å²) in [5.41, 5.74) is 3.68. The van der Waals surface area contributed by atoms with Crippen LogP contribution in [0, 0.1) is 20.8 Å². The van der Waals surface area contributed by atoms with E-state index in [2.05, 4.69) is 0 Å². The molecule has 0 spiro atoms. The van der Waals surface area contributed by atoms with E-state index in [-0.39, 0.29) is 17.3 Å². The van der Waals surface area contributed by atoms with Crippen LogP contribution in [0.5, 0.6) is 5.75 Å². The fourth-order valence-electron chi connectivity index (χ4n) is 3.63. The maximum atomic E-state index is 13.3. The van der Waals surface area contributed by atoms with Gasteiger partial charge in [-0.15, -0.1) is 0 Å². The van der Waals surface area contributed by atoms with Gasteiger partial charge < -0.3 is 19.2 Å². The first-order valence-corrected chi connectivity index (χ1v) is 12.2. The van der Waals surface area contributed by atoms with E-state index in [0.717, 1.165) is 16.7 Å². The van der Waals surface area contributed by atoms with Crippen molar-refractivity contribution in [3.63, 3.8) is 0 Å². The monoisotopic (exact) mass is 471 g/mol. The van der Waals surface area contributed by atoms with Crippen LogP contribution in [0.25, 0.3) is 0 Å². The Bertz CT molecular complexity index is 1240. The molecular weight excluding hydrogens is 442 g/mol. The molecule has 7 nitrogen and oxygen atoms in total. The van der Waals surface area contributed by atoms with Crippen LogP contribution in [0.2, 0.25) is 0 Å². The predicted molar refractivity (Wildman–Crippen MR) is 127 cm³/mol. The quantitative estimate of drug-likeness (QED) is 0.462. The number of furan rings is 1. The van der Waals surface area contributed by atoms with E-state index < -0.39 is 21.2 Å². The molecule has 33 heavy (non-hydrogen) atoms. The fraction of sp³-hybridized carbons (Fsp3) is 0.320. The standard InChI is InChI=1S/C25H29NO6S/c1-6-23(33(29,30)24-12-7-18(4)32-24)26(5)21-13-16(2)17(3)14-22(21)31-15-19-8-10-20(11-9-19)25(27)28/h7-14,23H,6,15H2,1-5H3,(H,27,28). The van der Waals surface area contributed by atoms with Crippen molar-refractivity contribution in [3.05, 3.63) is 76.5 Å². The molecule has 1 heterocycles. The first-order valence-electron chi connectivity index (χ1n) is 10.6. The number of aromatic carboxylic acids is 1. The van der Waals surface area contributed by atoms with Crippen molar-refractivity contribution in [2.45, 2.75) is 51.2 Å². The number of ether oxygens (including phenoxy) is 1. The van der Waals surface area contributed by atoms with Crippen LogP contribution < -0.4 is 9.64 Å². The number of sulfone groups is 1. The average Bonchev–Trinajstić information content (AvgIpc) is 3.22. The van der Waals surface area contributed by atoms with Gasteiger partial charge in [-0.1, -0.05) is 19.1 Å². The van der Waals surface area contributed by atoms with E-state index in [0.29, 0.717) is 23.6 Å². The van der Waals surface area contributed by atoms with Crippen LogP contribution in [-0.4, -0.2) is 31.9 Å². The van der Waals surface area contributed by atoms with Gasteiger partial charge in [-0.25, -0.2) is 13.2 Å². The van der Waals surface area contributed by atoms with Gasteiger partial charge in [0.05, 0.1) is 11.3 Å². The van der Waals surface area contributed by atoms with Gasteiger partial charge >= 0.3 is 5.97 Å². The molecule has 3 rings (SSSR count). The smallest absolute Gasteiger partial charge is 0.335 e. The number of rotatable bonds is 9. The van der Waals surface area contributed by atoms with Crippen LogP contribution in [-0.2, 0) is 16.4 Å². The fourth-order valence-corrected chi connectivity index (χ4v) is 5.37. The normalized spacial score (nSPS) is 12.4. The van der Waals surface area contributed by atoms with Gasteiger partial charge in [0.2, 0.25) is 14.9 Å². The van der Waals surface area contributed by atoms with E-state index in [1.54, 1.807) is 37.1 Å². The Morgan fingerprint density at radius 2 is 1.70 bits per heavy atom. The number of hydrogen-bond acceptors (Lipinski definition) is 6. The number of aryl methyl sites for hydroxylation is 3. The summed E-state index contributed by atoms with van der Waals surface area (Å²) in [5.74, 6) is 0.0986. The van der Waals surface area contributed by atoms with Crippen molar-refractivity contribution in [2.24, 2.45) is 0 Å². The topological polar surface area (TPSA) is 97.0 Å². The van der Waals surface area contributed by atoms with Crippen LogP contribution in [0.3, 0.4) is 0 Å². The molecule has 1 aromatic heterocycles. The lowest BCUT2D eigenvalue weighted by atomic mass is 10.1. The average molecular weight is 472 g/mol. The Morgan fingerprint density at radius 1 is 1.06 bits per heavy atom. The van der Waals surface area contributed by atoms with Gasteiger partial charge in [0.1, 0.15) is 23.5 Å². The highest BCUT2D eigenvalue weighted by atomic mass is 32.2. The summed E-state index contributed by atoms with van der Waals surface area (Å²) in [7, 11) is -2.01. The summed E-state index contributed by atoms with van der Waals surface area (Å²) in [6, 6.07) is 13.4. The second-order valence-electron chi connectivity index (χ2n) is 8.08. The Hall–Kier alpha value is -3.26. The van der Waals surface area contributed by atoms with E-state index in [4.69, 9.17) is 14.3 Å². The number of anilines is 1. The zero-order valence-electron chi connectivity index (χ0n) is 19.5. The third kappa shape index (κ3) is 5.22. The van der Waals surface area contributed by atoms with Gasteiger partial charge in [0.25, 0.3) is 0 Å². The Balaban J connectivity index is 1.92. The van der Waals surface area contributed by atoms with E-state index in [9.17, 15) is 13.2 Å². The number of carbonyl (C=O) groups is 1. The van der Waals surface area contributed by atoms with E-state index in [1.165, 1.54) is 18.2 Å². The molecule has 0 saturated heterocycles. The molecule has 2 aromatic carbocycles. The molecule has 0 aliphatic rings. The van der Waals surface area contributed by atoms with Crippen LogP contribution in [0.15, 0.2) is 58.0 Å². The minimum absolute atomic E-state index is 0.0523. The van der Waals surface area contributed by atoms with Crippen LogP contribution in [0.1, 0.15) is 46.2 Å². The minimum Gasteiger partial charge on any atom is -0.487 e. The summed E-state index contributed by atoms with van der Waals surface area (Å²) < 4.78 is 38.1. The van der Waals surface area contributed by atoms with Gasteiger partial charge in [-0.05, 0) is 80.3 Å². The van der Waals surface area contributed by atoms with Crippen molar-refractivity contribution < 1.29 is 27.5 Å². The zero-order chi connectivity index (χ0) is 24.3. The summed E-state index contributed by atoms with van der Waals surface area (Å²) >= 11 is 0. The minimum atomic E-state index is -3.75. The molecule has 176 valence electrons. The molecule has 8 heteroatoms. The number of carboxylic acid groups (broad SMARTS) is 1. The largest absolute Gasteiger partial charge is 0.487 e. The summed E-state index contributed by atoms with van der Waals surface area (Å²) in [6.07, 6.45) is 0.349. The highest BCUT2D eigenvalue weighted by Crippen LogP contribution is 2.35. The molecule has 0 aliphatic carbocycles. The second-order valence-corrected chi connectivity index (χ2v) is 10.1. The van der Waals surface area contributed by atoms with Crippen molar-refractivity contribution in [3.8, 4) is 5.75 Å². The highest BCUT2D eigenvalue weighted by molar-refractivity contribution is 7.92. The summed E-state index contributed by atoms with van der Waals surface area (Å²) in [5, 5.41) is 8.17. The molecule has 0 radical (unpaired) electrons. The first kappa shape index (κ1) is 24.4. The molecule has 1 unspecified atom stereocenters. The van der Waals surface area contributed by atoms with Crippen molar-refractivity contribution in [2.75, 3.05) is 11.9 Å². The molecule has 0 saturated carbocycles. The van der Waals surface area contributed by atoms with Gasteiger partial charge in [0, 0.05) is 7.05 Å². The lowest BCUT2D eigenvalue weighted by Crippen LogP contribution is -2.38. The molecule has 1 atom stereocenters. The molecule has 0 bridgehead atoms. The molecule has 0 amide bonds. The number of nitrogens with zero attached hydrogens (tertiary/aromatic N) is 1. The van der Waals surface area contributed by atoms with Gasteiger partial charge in [-0.3, -0.25) is 0 Å². The maximum absolute atomic E-state index is 13.3. The Morgan fingerprint density at radius 3 is 2.24 bits per heavy atom. The van der Waals surface area contributed by atoms with Crippen LogP contribution >= 0.6 is 0 Å². The van der Waals surface area contributed by atoms with Crippen molar-refractivity contribution in [1.29, 1.82) is 0 Å². The molecule has 0 aliphatic heterocycles. The number of hydrogen-bond donors (Lipinski definition) is 1. The SMILES string of the molecule is CCC(N(C)c1cc(C)c(C)cc1OCc1ccc(C(=O)O)cc1)S(=O)(=O)c1ccc(C)o1. The molecule has 1 N–H and O–H groups in total. The third-order valence-corrected chi connectivity index (χ3v) is 7.83. The second kappa shape index (κ2) is 9.70. The van der Waals surface area contributed by atoms with Gasteiger partial charge in [-0.2, -0.15) is 0 Å². The molecule has 0 fully saturated rings. The lowest BCUT2D eigenvalue weighted by Gasteiger charge is -2.30. The number of benzene rings is 2. The molecule has 3 aromatic rings. The molecular formula is C25H29NO6S. The number of carboxylic acids is 1. The van der Waals surface area contributed by atoms with E-state index in [1.807, 2.05) is 32.9 Å². The van der Waals surface area contributed by atoms with E-state index >= 15 is 0 Å². The first-order chi connectivity index (χ1) is 15.5. The summed E-state index contributed by atoms with van der Waals surface area (Å²) in [4.78, 5) is 12.8. The maximum Gasteiger partial charge on any atom is 0.335 e. The van der Waals surface area contributed by atoms with Crippen LogP contribution in [0.4, 0.5) is 5.69 Å². The predicted octanol–water partition coefficient (Wildman–Crippen LogP) is 5.13. The van der Waals surface area contributed by atoms with Gasteiger partial charge in [0.15, 0.2) is 0 Å². The van der Waals surface area contributed by atoms with Crippen molar-refractivity contribution in [1.82, 2.24) is 0 Å². The van der Waals surface area contributed by atoms with Crippen molar-refractivity contribution >= 4 is 21.5 Å². The third-order valence-electron chi connectivity index (χ3n) is 5.69. The Labute approximate surface area is 194 Å². The lowest BCUT2D eigenvalue weighted by molar-refractivity contribution is 0.0697. The highest BCUT2D eigenvalue weighted by Gasteiger charge is 2.33. The Kier molecular flexibility index (Phi) is 7.17. The summed E-state index contributed by atoms with van der Waals surface area (Å²) in [6.45, 7) is 7.67. The zero-order valence-corrected chi connectivity index (χ0v) is 20.3.